The summed E-state index contributed by atoms with van der Waals surface area (Å²) < 4.78 is 5.18. The van der Waals surface area contributed by atoms with E-state index in [1.165, 1.54) is 0 Å². The van der Waals surface area contributed by atoms with E-state index in [1.807, 2.05) is 6.92 Å². The molecular formula is C11H14N2O. The third kappa shape index (κ3) is 2.04. The lowest BCUT2D eigenvalue weighted by atomic mass is 10.0. The van der Waals surface area contributed by atoms with E-state index in [9.17, 15) is 0 Å². The fourth-order valence-corrected chi connectivity index (χ4v) is 1.31. The Morgan fingerprint density at radius 2 is 2.29 bits per heavy atom. The molecule has 1 rings (SSSR count). The molecule has 0 amide bonds. The molecule has 0 radical (unpaired) electrons. The number of rotatable bonds is 3. The van der Waals surface area contributed by atoms with Crippen LogP contribution in [0.25, 0.3) is 0 Å². The number of hydrogen-bond donors (Lipinski definition) is 1. The van der Waals surface area contributed by atoms with Crippen LogP contribution in [0.15, 0.2) is 18.2 Å². The van der Waals surface area contributed by atoms with Crippen LogP contribution in [0.1, 0.15) is 30.5 Å². The van der Waals surface area contributed by atoms with Crippen LogP contribution in [-0.2, 0) is 0 Å². The normalized spacial score (nSPS) is 11.9. The van der Waals surface area contributed by atoms with Crippen LogP contribution in [0.4, 0.5) is 0 Å². The molecule has 0 heterocycles. The summed E-state index contributed by atoms with van der Waals surface area (Å²) in [4.78, 5) is 0. The first-order chi connectivity index (χ1) is 6.72. The summed E-state index contributed by atoms with van der Waals surface area (Å²) in [5.74, 6) is 0.748. The number of benzene rings is 1. The molecule has 1 atom stereocenters. The van der Waals surface area contributed by atoms with Gasteiger partial charge in [0.25, 0.3) is 0 Å². The van der Waals surface area contributed by atoms with Crippen LogP contribution in [0.2, 0.25) is 0 Å². The Kier molecular flexibility index (Phi) is 3.49. The quantitative estimate of drug-likeness (QED) is 0.792. The van der Waals surface area contributed by atoms with E-state index < -0.39 is 0 Å². The van der Waals surface area contributed by atoms with Crippen molar-refractivity contribution in [3.05, 3.63) is 29.3 Å². The molecule has 0 aliphatic carbocycles. The highest BCUT2D eigenvalue weighted by Gasteiger charge is 2.10. The summed E-state index contributed by atoms with van der Waals surface area (Å²) in [6.07, 6.45) is 0.825. The smallest absolute Gasteiger partial charge is 0.123 e. The monoisotopic (exact) mass is 190 g/mol. The average Bonchev–Trinajstić information content (AvgIpc) is 2.27. The highest BCUT2D eigenvalue weighted by Crippen LogP contribution is 2.26. The zero-order valence-corrected chi connectivity index (χ0v) is 8.45. The van der Waals surface area contributed by atoms with Crippen LogP contribution in [0.3, 0.4) is 0 Å². The number of nitrogens with zero attached hydrogens (tertiary/aromatic N) is 1. The van der Waals surface area contributed by atoms with E-state index in [-0.39, 0.29) is 6.04 Å². The first kappa shape index (κ1) is 10.6. The molecule has 0 fully saturated rings. The van der Waals surface area contributed by atoms with Crippen molar-refractivity contribution in [1.29, 1.82) is 5.26 Å². The lowest BCUT2D eigenvalue weighted by molar-refractivity contribution is 0.405. The van der Waals surface area contributed by atoms with E-state index in [0.717, 1.165) is 17.7 Å². The molecule has 74 valence electrons. The van der Waals surface area contributed by atoms with Crippen LogP contribution in [0, 0.1) is 11.3 Å². The zero-order chi connectivity index (χ0) is 10.6. The highest BCUT2D eigenvalue weighted by atomic mass is 16.5. The predicted octanol–water partition coefficient (Wildman–Crippen LogP) is 1.98. The van der Waals surface area contributed by atoms with E-state index in [1.54, 1.807) is 25.3 Å². The Labute approximate surface area is 84.1 Å². The summed E-state index contributed by atoms with van der Waals surface area (Å²) in [6, 6.07) is 7.31. The van der Waals surface area contributed by atoms with Gasteiger partial charge in [-0.05, 0) is 24.6 Å². The molecule has 0 aromatic heterocycles. The molecule has 0 saturated carbocycles. The number of nitriles is 1. The first-order valence-corrected chi connectivity index (χ1v) is 4.56. The zero-order valence-electron chi connectivity index (χ0n) is 8.45. The Bertz CT molecular complexity index is 355. The summed E-state index contributed by atoms with van der Waals surface area (Å²) >= 11 is 0. The van der Waals surface area contributed by atoms with Gasteiger partial charge in [0.15, 0.2) is 0 Å². The van der Waals surface area contributed by atoms with Crippen LogP contribution < -0.4 is 10.5 Å². The van der Waals surface area contributed by atoms with Crippen LogP contribution >= 0.6 is 0 Å². The fraction of sp³-hybridized carbons (Fsp3) is 0.364. The van der Waals surface area contributed by atoms with Gasteiger partial charge >= 0.3 is 0 Å². The lowest BCUT2D eigenvalue weighted by Gasteiger charge is -2.13. The van der Waals surface area contributed by atoms with Crippen LogP contribution in [-0.4, -0.2) is 7.11 Å². The Balaban J connectivity index is 3.16. The summed E-state index contributed by atoms with van der Waals surface area (Å²) in [7, 11) is 1.60. The predicted molar refractivity (Wildman–Crippen MR) is 54.9 cm³/mol. The molecule has 0 spiro atoms. The molecule has 1 aromatic carbocycles. The molecule has 0 bridgehead atoms. The van der Waals surface area contributed by atoms with Crippen molar-refractivity contribution in [2.24, 2.45) is 5.73 Å². The van der Waals surface area contributed by atoms with Crippen molar-refractivity contribution in [3.8, 4) is 11.8 Å². The Morgan fingerprint density at radius 1 is 1.57 bits per heavy atom. The van der Waals surface area contributed by atoms with Gasteiger partial charge in [0.2, 0.25) is 0 Å². The van der Waals surface area contributed by atoms with Crippen molar-refractivity contribution in [3.63, 3.8) is 0 Å². The van der Waals surface area contributed by atoms with Gasteiger partial charge in [-0.15, -0.1) is 0 Å². The van der Waals surface area contributed by atoms with Gasteiger partial charge < -0.3 is 10.5 Å². The molecule has 0 aliphatic heterocycles. The summed E-state index contributed by atoms with van der Waals surface area (Å²) in [5, 5.41) is 8.75. The van der Waals surface area contributed by atoms with E-state index >= 15 is 0 Å². The number of hydrogen-bond acceptors (Lipinski definition) is 3. The van der Waals surface area contributed by atoms with Gasteiger partial charge in [-0.25, -0.2) is 0 Å². The molecule has 14 heavy (non-hydrogen) atoms. The minimum absolute atomic E-state index is 0.0711. The van der Waals surface area contributed by atoms with E-state index in [4.69, 9.17) is 15.7 Å². The summed E-state index contributed by atoms with van der Waals surface area (Å²) in [5.41, 5.74) is 7.42. The molecule has 0 aliphatic rings. The van der Waals surface area contributed by atoms with E-state index in [2.05, 4.69) is 6.07 Å². The van der Waals surface area contributed by atoms with Crippen molar-refractivity contribution in [1.82, 2.24) is 0 Å². The minimum Gasteiger partial charge on any atom is -0.496 e. The van der Waals surface area contributed by atoms with Crippen LogP contribution in [0.5, 0.6) is 5.75 Å². The number of ether oxygens (including phenoxy) is 1. The van der Waals surface area contributed by atoms with Crippen molar-refractivity contribution in [2.45, 2.75) is 19.4 Å². The molecule has 0 saturated heterocycles. The van der Waals surface area contributed by atoms with Gasteiger partial charge in [-0.1, -0.05) is 6.92 Å². The van der Waals surface area contributed by atoms with Crippen molar-refractivity contribution in [2.75, 3.05) is 7.11 Å². The van der Waals surface area contributed by atoms with Crippen molar-refractivity contribution >= 4 is 0 Å². The topological polar surface area (TPSA) is 59.0 Å². The van der Waals surface area contributed by atoms with Crippen molar-refractivity contribution < 1.29 is 4.74 Å². The average molecular weight is 190 g/mol. The third-order valence-corrected chi connectivity index (χ3v) is 2.20. The van der Waals surface area contributed by atoms with Gasteiger partial charge in [0.1, 0.15) is 5.75 Å². The maximum Gasteiger partial charge on any atom is 0.123 e. The second-order valence-electron chi connectivity index (χ2n) is 3.08. The SMILES string of the molecule is CC[C@H](N)c1cc(C#N)ccc1OC. The third-order valence-electron chi connectivity index (χ3n) is 2.20. The fourth-order valence-electron chi connectivity index (χ4n) is 1.31. The van der Waals surface area contributed by atoms with Gasteiger partial charge in [0, 0.05) is 11.6 Å². The highest BCUT2D eigenvalue weighted by molar-refractivity contribution is 5.43. The Hall–Kier alpha value is -1.53. The molecule has 2 N–H and O–H groups in total. The maximum absolute atomic E-state index is 8.75. The molecule has 0 unspecified atom stereocenters. The number of nitrogens with two attached hydrogens (primary N) is 1. The number of methoxy groups -OCH3 is 1. The molecular weight excluding hydrogens is 176 g/mol. The van der Waals surface area contributed by atoms with Gasteiger partial charge in [0.05, 0.1) is 18.7 Å². The second-order valence-corrected chi connectivity index (χ2v) is 3.08. The largest absolute Gasteiger partial charge is 0.496 e. The Morgan fingerprint density at radius 3 is 2.79 bits per heavy atom. The first-order valence-electron chi connectivity index (χ1n) is 4.56. The maximum atomic E-state index is 8.75. The minimum atomic E-state index is -0.0711. The molecule has 1 aromatic rings. The standard InChI is InChI=1S/C11H14N2O/c1-3-10(13)9-6-8(7-12)4-5-11(9)14-2/h4-6,10H,3,13H2,1-2H3/t10-/m0/s1. The summed E-state index contributed by atoms with van der Waals surface area (Å²) in [6.45, 7) is 2.00. The van der Waals surface area contributed by atoms with Gasteiger partial charge in [-0.3, -0.25) is 0 Å². The van der Waals surface area contributed by atoms with E-state index in [0.29, 0.717) is 5.56 Å². The second kappa shape index (κ2) is 4.64. The molecule has 3 nitrogen and oxygen atoms in total. The molecule has 3 heteroatoms. The lowest BCUT2D eigenvalue weighted by Crippen LogP contribution is -2.10. The van der Waals surface area contributed by atoms with Gasteiger partial charge in [-0.2, -0.15) is 5.26 Å².